The van der Waals surface area contributed by atoms with Crippen molar-refractivity contribution in [3.63, 3.8) is 0 Å². The van der Waals surface area contributed by atoms with E-state index in [0.29, 0.717) is 24.2 Å². The molecular weight excluding hydrogens is 401 g/mol. The van der Waals surface area contributed by atoms with E-state index < -0.39 is 5.72 Å². The first kappa shape index (κ1) is 20.8. The van der Waals surface area contributed by atoms with Crippen molar-refractivity contribution in [3.05, 3.63) is 65.0 Å². The quantitative estimate of drug-likeness (QED) is 0.787. The Balaban J connectivity index is 1.37. The molecule has 0 unspecified atom stereocenters. The van der Waals surface area contributed by atoms with Crippen LogP contribution in [0.3, 0.4) is 0 Å². The van der Waals surface area contributed by atoms with Gasteiger partial charge < -0.3 is 20.3 Å². The van der Waals surface area contributed by atoms with Gasteiger partial charge in [0.25, 0.3) is 5.91 Å². The first-order valence-corrected chi connectivity index (χ1v) is 10.2. The summed E-state index contributed by atoms with van der Waals surface area (Å²) in [6.45, 7) is 2.35. The van der Waals surface area contributed by atoms with Crippen LogP contribution >= 0.6 is 0 Å². The summed E-state index contributed by atoms with van der Waals surface area (Å²) in [6, 6.07) is 11.3. The van der Waals surface area contributed by atoms with Gasteiger partial charge in [-0.25, -0.2) is 4.39 Å². The van der Waals surface area contributed by atoms with Crippen molar-refractivity contribution in [2.24, 2.45) is 0 Å². The SMILES string of the molecule is Cc1ccc2c(c1)C(=O)N[C@@]1(CCC(=O)N(CC(=O)NCc3ccc(F)cc3)CC1)O2. The lowest BCUT2D eigenvalue weighted by molar-refractivity contribution is -0.135. The highest BCUT2D eigenvalue weighted by Crippen LogP contribution is 2.34. The summed E-state index contributed by atoms with van der Waals surface area (Å²) >= 11 is 0. The van der Waals surface area contributed by atoms with Crippen molar-refractivity contribution in [1.29, 1.82) is 0 Å². The average molecular weight is 425 g/mol. The van der Waals surface area contributed by atoms with Crippen LogP contribution in [0, 0.1) is 12.7 Å². The minimum absolute atomic E-state index is 0.0835. The molecule has 3 amide bonds. The summed E-state index contributed by atoms with van der Waals surface area (Å²) in [7, 11) is 0. The maximum absolute atomic E-state index is 13.0. The molecular formula is C23H24FN3O4. The molecule has 1 fully saturated rings. The number of rotatable bonds is 4. The third-order valence-corrected chi connectivity index (χ3v) is 5.64. The van der Waals surface area contributed by atoms with E-state index in [2.05, 4.69) is 10.6 Å². The molecule has 2 aliphatic heterocycles. The van der Waals surface area contributed by atoms with Gasteiger partial charge in [-0.3, -0.25) is 14.4 Å². The maximum atomic E-state index is 13.0. The molecule has 8 heteroatoms. The Morgan fingerprint density at radius 1 is 1.19 bits per heavy atom. The van der Waals surface area contributed by atoms with Gasteiger partial charge in [-0.15, -0.1) is 0 Å². The zero-order valence-electron chi connectivity index (χ0n) is 17.2. The van der Waals surface area contributed by atoms with E-state index in [0.717, 1.165) is 11.1 Å². The van der Waals surface area contributed by atoms with Crippen LogP contribution < -0.4 is 15.4 Å². The number of nitrogens with one attached hydrogen (secondary N) is 2. The molecule has 2 heterocycles. The van der Waals surface area contributed by atoms with Gasteiger partial charge >= 0.3 is 0 Å². The second-order valence-corrected chi connectivity index (χ2v) is 8.02. The Morgan fingerprint density at radius 2 is 1.97 bits per heavy atom. The molecule has 0 aromatic heterocycles. The molecule has 0 saturated carbocycles. The minimum Gasteiger partial charge on any atom is -0.467 e. The van der Waals surface area contributed by atoms with Crippen LogP contribution in [-0.4, -0.2) is 41.4 Å². The fourth-order valence-corrected chi connectivity index (χ4v) is 3.88. The van der Waals surface area contributed by atoms with Crippen molar-refractivity contribution in [2.45, 2.75) is 38.5 Å². The van der Waals surface area contributed by atoms with Crippen molar-refractivity contribution in [3.8, 4) is 5.75 Å². The minimum atomic E-state index is -0.964. The number of carbonyl (C=O) groups is 3. The Labute approximate surface area is 179 Å². The van der Waals surface area contributed by atoms with Crippen LogP contribution in [0.4, 0.5) is 4.39 Å². The summed E-state index contributed by atoms with van der Waals surface area (Å²) in [6.07, 6.45) is 0.869. The van der Waals surface area contributed by atoms with Gasteiger partial charge in [0.2, 0.25) is 11.8 Å². The number of hydrogen-bond acceptors (Lipinski definition) is 4. The third-order valence-electron chi connectivity index (χ3n) is 5.64. The number of benzene rings is 2. The van der Waals surface area contributed by atoms with Crippen LogP contribution in [-0.2, 0) is 16.1 Å². The largest absolute Gasteiger partial charge is 0.467 e. The normalized spacial score (nSPS) is 20.5. The van der Waals surface area contributed by atoms with Crippen molar-refractivity contribution >= 4 is 17.7 Å². The summed E-state index contributed by atoms with van der Waals surface area (Å²) in [5.41, 5.74) is 1.25. The van der Waals surface area contributed by atoms with E-state index >= 15 is 0 Å². The fraction of sp³-hybridized carbons (Fsp3) is 0.348. The molecule has 0 radical (unpaired) electrons. The van der Waals surface area contributed by atoms with Crippen LogP contribution in [0.5, 0.6) is 5.75 Å². The van der Waals surface area contributed by atoms with E-state index in [1.807, 2.05) is 13.0 Å². The Kier molecular flexibility index (Phi) is 5.63. The second-order valence-electron chi connectivity index (χ2n) is 8.02. The van der Waals surface area contributed by atoms with Gasteiger partial charge in [0.1, 0.15) is 11.6 Å². The molecule has 0 bridgehead atoms. The fourth-order valence-electron chi connectivity index (χ4n) is 3.88. The highest BCUT2D eigenvalue weighted by atomic mass is 19.1. The van der Waals surface area contributed by atoms with Crippen LogP contribution in [0.25, 0.3) is 0 Å². The Bertz CT molecular complexity index is 1020. The first-order chi connectivity index (χ1) is 14.8. The zero-order valence-corrected chi connectivity index (χ0v) is 17.2. The van der Waals surface area contributed by atoms with Gasteiger partial charge in [0, 0.05) is 32.4 Å². The van der Waals surface area contributed by atoms with Crippen molar-refractivity contribution < 1.29 is 23.5 Å². The molecule has 1 saturated heterocycles. The van der Waals surface area contributed by atoms with Gasteiger partial charge in [0.15, 0.2) is 5.72 Å². The number of halogens is 1. The molecule has 2 aromatic rings. The molecule has 162 valence electrons. The van der Waals surface area contributed by atoms with E-state index in [1.165, 1.54) is 17.0 Å². The molecule has 1 atom stereocenters. The summed E-state index contributed by atoms with van der Waals surface area (Å²) in [5, 5.41) is 5.68. The number of ether oxygens (including phenoxy) is 1. The van der Waals surface area contributed by atoms with Crippen LogP contribution in [0.15, 0.2) is 42.5 Å². The number of aryl methyl sites for hydroxylation is 1. The lowest BCUT2D eigenvalue weighted by atomic mass is 9.99. The predicted molar refractivity (Wildman–Crippen MR) is 111 cm³/mol. The van der Waals surface area contributed by atoms with Gasteiger partial charge in [-0.2, -0.15) is 0 Å². The molecule has 4 rings (SSSR count). The van der Waals surface area contributed by atoms with Crippen LogP contribution in [0.2, 0.25) is 0 Å². The lowest BCUT2D eigenvalue weighted by Crippen LogP contribution is -2.56. The molecule has 2 N–H and O–H groups in total. The summed E-state index contributed by atoms with van der Waals surface area (Å²) in [5.74, 6) is -0.520. The summed E-state index contributed by atoms with van der Waals surface area (Å²) in [4.78, 5) is 39.0. The average Bonchev–Trinajstić information content (AvgIpc) is 2.88. The number of hydrogen-bond donors (Lipinski definition) is 2. The smallest absolute Gasteiger partial charge is 0.258 e. The molecule has 0 aliphatic carbocycles. The predicted octanol–water partition coefficient (Wildman–Crippen LogP) is 2.28. The number of likely N-dealkylation sites (tertiary alicyclic amines) is 1. The number of amides is 3. The van der Waals surface area contributed by atoms with Gasteiger partial charge in [-0.1, -0.05) is 23.8 Å². The summed E-state index contributed by atoms with van der Waals surface area (Å²) < 4.78 is 19.1. The highest BCUT2D eigenvalue weighted by molar-refractivity contribution is 5.98. The van der Waals surface area contributed by atoms with Crippen molar-refractivity contribution in [1.82, 2.24) is 15.5 Å². The van der Waals surface area contributed by atoms with Gasteiger partial charge in [-0.05, 0) is 36.8 Å². The van der Waals surface area contributed by atoms with E-state index in [-0.39, 0.29) is 49.6 Å². The number of nitrogens with zero attached hydrogens (tertiary/aromatic N) is 1. The Morgan fingerprint density at radius 3 is 2.74 bits per heavy atom. The molecule has 7 nitrogen and oxygen atoms in total. The zero-order chi connectivity index (χ0) is 22.0. The first-order valence-electron chi connectivity index (χ1n) is 10.2. The molecule has 2 aromatic carbocycles. The third kappa shape index (κ3) is 4.68. The standard InChI is InChI=1S/C23H24FN3O4/c1-15-2-7-19-18(12-15)22(30)26-23(31-19)9-8-21(29)27(11-10-23)14-20(28)25-13-16-3-5-17(24)6-4-16/h2-7,12H,8-11,13-14H2,1H3,(H,25,28)(H,26,30)/t23-/m0/s1. The number of carbonyl (C=O) groups excluding carboxylic acids is 3. The van der Waals surface area contributed by atoms with Gasteiger partial charge in [0.05, 0.1) is 12.1 Å². The van der Waals surface area contributed by atoms with E-state index in [1.54, 1.807) is 24.3 Å². The van der Waals surface area contributed by atoms with E-state index in [9.17, 15) is 18.8 Å². The lowest BCUT2D eigenvalue weighted by Gasteiger charge is -2.38. The molecule has 31 heavy (non-hydrogen) atoms. The highest BCUT2D eigenvalue weighted by Gasteiger charge is 2.42. The molecule has 2 aliphatic rings. The maximum Gasteiger partial charge on any atom is 0.258 e. The second kappa shape index (κ2) is 8.37. The topological polar surface area (TPSA) is 87.7 Å². The van der Waals surface area contributed by atoms with Crippen LogP contribution in [0.1, 0.15) is 40.7 Å². The monoisotopic (exact) mass is 425 g/mol. The van der Waals surface area contributed by atoms with Crippen molar-refractivity contribution in [2.75, 3.05) is 13.1 Å². The Hall–Kier alpha value is -3.42. The number of fused-ring (bicyclic) bond motifs is 1. The van der Waals surface area contributed by atoms with E-state index in [4.69, 9.17) is 4.74 Å². The molecule has 1 spiro atoms.